The number of hydrogen-bond acceptors (Lipinski definition) is 5. The number of fused-ring (bicyclic) bond motifs is 1. The quantitative estimate of drug-likeness (QED) is 0.554. The highest BCUT2D eigenvalue weighted by Crippen LogP contribution is 2.31. The molecule has 0 bridgehead atoms. The van der Waals surface area contributed by atoms with Crippen molar-refractivity contribution in [2.75, 3.05) is 7.11 Å². The lowest BCUT2D eigenvalue weighted by Crippen LogP contribution is -2.11. The lowest BCUT2D eigenvalue weighted by Gasteiger charge is -2.07. The summed E-state index contributed by atoms with van der Waals surface area (Å²) in [6.07, 6.45) is 1.07. The first-order chi connectivity index (χ1) is 11.1. The molecule has 3 rings (SSSR count). The molecule has 0 radical (unpaired) electrons. The van der Waals surface area contributed by atoms with E-state index in [4.69, 9.17) is 4.84 Å². The molecule has 0 spiro atoms. The minimum absolute atomic E-state index is 0.190. The Labute approximate surface area is 138 Å². The molecule has 1 aromatic carbocycles. The van der Waals surface area contributed by atoms with Crippen LogP contribution in [0.2, 0.25) is 0 Å². The number of rotatable bonds is 5. The van der Waals surface area contributed by atoms with E-state index in [1.54, 1.807) is 0 Å². The van der Waals surface area contributed by atoms with Gasteiger partial charge in [0.15, 0.2) is 0 Å². The summed E-state index contributed by atoms with van der Waals surface area (Å²) >= 11 is 1.42. The van der Waals surface area contributed by atoms with Gasteiger partial charge >= 0.3 is 0 Å². The van der Waals surface area contributed by atoms with Gasteiger partial charge in [0.1, 0.15) is 23.9 Å². The molecule has 23 heavy (non-hydrogen) atoms. The molecule has 0 saturated heterocycles. The van der Waals surface area contributed by atoms with E-state index in [1.165, 1.54) is 18.4 Å². The maximum atomic E-state index is 10.7. The number of aromatic amines is 1. The summed E-state index contributed by atoms with van der Waals surface area (Å²) in [5.41, 5.74) is 3.36. The maximum Gasteiger partial charge on any atom is 0.133 e. The SMILES string of the molecule is CO/N=C(/c1csc(C(O)c2c[nH]c3ccccc23)n1)C(C)C. The number of hydrogen-bond donors (Lipinski definition) is 2. The fourth-order valence-electron chi connectivity index (χ4n) is 2.53. The predicted molar refractivity (Wildman–Crippen MR) is 92.9 cm³/mol. The monoisotopic (exact) mass is 329 g/mol. The Morgan fingerprint density at radius 3 is 2.87 bits per heavy atom. The Morgan fingerprint density at radius 1 is 1.35 bits per heavy atom. The number of nitrogens with zero attached hydrogens (tertiary/aromatic N) is 2. The van der Waals surface area contributed by atoms with Crippen molar-refractivity contribution in [2.24, 2.45) is 11.1 Å². The molecule has 6 heteroatoms. The zero-order valence-corrected chi connectivity index (χ0v) is 14.1. The molecule has 0 aliphatic heterocycles. The van der Waals surface area contributed by atoms with Gasteiger partial charge in [-0.1, -0.05) is 37.2 Å². The lowest BCUT2D eigenvalue weighted by molar-refractivity contribution is 0.211. The Balaban J connectivity index is 1.95. The maximum absolute atomic E-state index is 10.7. The number of thiazole rings is 1. The number of nitrogens with one attached hydrogen (secondary N) is 1. The summed E-state index contributed by atoms with van der Waals surface area (Å²) in [5, 5.41) is 18.3. The van der Waals surface area contributed by atoms with Crippen molar-refractivity contribution in [1.82, 2.24) is 9.97 Å². The van der Waals surface area contributed by atoms with Crippen LogP contribution >= 0.6 is 11.3 Å². The third-order valence-corrected chi connectivity index (χ3v) is 4.57. The lowest BCUT2D eigenvalue weighted by atomic mass is 10.1. The smallest absolute Gasteiger partial charge is 0.133 e. The van der Waals surface area contributed by atoms with Crippen LogP contribution in [0.1, 0.15) is 36.2 Å². The molecule has 120 valence electrons. The third kappa shape index (κ3) is 3.00. The highest BCUT2D eigenvalue weighted by molar-refractivity contribution is 7.10. The molecule has 1 unspecified atom stereocenters. The molecule has 1 atom stereocenters. The van der Waals surface area contributed by atoms with Crippen LogP contribution in [0.25, 0.3) is 10.9 Å². The minimum Gasteiger partial charge on any atom is -0.399 e. The van der Waals surface area contributed by atoms with Crippen molar-refractivity contribution in [1.29, 1.82) is 0 Å². The fourth-order valence-corrected chi connectivity index (χ4v) is 3.34. The van der Waals surface area contributed by atoms with E-state index >= 15 is 0 Å². The molecule has 5 nitrogen and oxygen atoms in total. The summed E-state index contributed by atoms with van der Waals surface area (Å²) in [6.45, 7) is 4.07. The zero-order valence-electron chi connectivity index (χ0n) is 13.3. The average molecular weight is 329 g/mol. The van der Waals surface area contributed by atoms with Crippen molar-refractivity contribution in [3.05, 3.63) is 52.1 Å². The van der Waals surface area contributed by atoms with Crippen LogP contribution in [0.15, 0.2) is 41.0 Å². The standard InChI is InChI=1S/C17H19N3O2S/c1-10(2)15(20-22-3)14-9-23-17(19-14)16(21)12-8-18-13-7-5-4-6-11(12)13/h4-10,16,18,21H,1-3H3/b20-15+. The van der Waals surface area contributed by atoms with Gasteiger partial charge in [-0.15, -0.1) is 11.3 Å². The van der Waals surface area contributed by atoms with E-state index in [0.717, 1.165) is 27.9 Å². The van der Waals surface area contributed by atoms with Gasteiger partial charge in [-0.3, -0.25) is 0 Å². The van der Waals surface area contributed by atoms with E-state index in [1.807, 2.05) is 49.7 Å². The summed E-state index contributed by atoms with van der Waals surface area (Å²) in [5.74, 6) is 0.190. The molecule has 2 N–H and O–H groups in total. The second kappa shape index (κ2) is 6.52. The first-order valence-electron chi connectivity index (χ1n) is 7.42. The molecule has 0 aliphatic rings. The normalized spacial score (nSPS) is 13.7. The first-order valence-corrected chi connectivity index (χ1v) is 8.30. The summed E-state index contributed by atoms with van der Waals surface area (Å²) in [6, 6.07) is 7.90. The Kier molecular flexibility index (Phi) is 4.45. The first kappa shape index (κ1) is 15.7. The van der Waals surface area contributed by atoms with Crippen LogP contribution in [0.5, 0.6) is 0 Å². The van der Waals surface area contributed by atoms with Crippen molar-refractivity contribution >= 4 is 28.0 Å². The minimum atomic E-state index is -0.763. The van der Waals surface area contributed by atoms with Crippen LogP contribution in [0.3, 0.4) is 0 Å². The number of aliphatic hydroxyl groups is 1. The average Bonchev–Trinajstić information content (AvgIpc) is 3.18. The number of para-hydroxylation sites is 1. The Morgan fingerprint density at radius 2 is 2.13 bits per heavy atom. The molecule has 0 amide bonds. The number of aromatic nitrogens is 2. The molecular weight excluding hydrogens is 310 g/mol. The van der Waals surface area contributed by atoms with E-state index in [2.05, 4.69) is 15.1 Å². The molecule has 0 saturated carbocycles. The number of aliphatic hydroxyl groups excluding tert-OH is 1. The van der Waals surface area contributed by atoms with Crippen molar-refractivity contribution in [3.8, 4) is 0 Å². The van der Waals surface area contributed by atoms with Gasteiger partial charge in [0, 0.05) is 34.0 Å². The van der Waals surface area contributed by atoms with Gasteiger partial charge in [0.05, 0.1) is 5.69 Å². The van der Waals surface area contributed by atoms with Crippen molar-refractivity contribution in [2.45, 2.75) is 20.0 Å². The number of oxime groups is 1. The van der Waals surface area contributed by atoms with Gasteiger partial charge in [0.25, 0.3) is 0 Å². The Bertz CT molecular complexity index is 835. The van der Waals surface area contributed by atoms with Crippen molar-refractivity contribution < 1.29 is 9.94 Å². The van der Waals surface area contributed by atoms with Crippen LogP contribution in [0.4, 0.5) is 0 Å². The Hall–Kier alpha value is -2.18. The molecule has 2 heterocycles. The molecule has 0 aliphatic carbocycles. The molecule has 3 aromatic rings. The highest BCUT2D eigenvalue weighted by Gasteiger charge is 2.21. The summed E-state index contributed by atoms with van der Waals surface area (Å²) in [7, 11) is 1.52. The van der Waals surface area contributed by atoms with Gasteiger partial charge < -0.3 is 14.9 Å². The second-order valence-corrected chi connectivity index (χ2v) is 6.47. The fraction of sp³-hybridized carbons (Fsp3) is 0.294. The highest BCUT2D eigenvalue weighted by atomic mass is 32.1. The van der Waals surface area contributed by atoms with E-state index in [-0.39, 0.29) is 5.92 Å². The van der Waals surface area contributed by atoms with Gasteiger partial charge in [-0.2, -0.15) is 0 Å². The molecular formula is C17H19N3O2S. The predicted octanol–water partition coefficient (Wildman–Crippen LogP) is 3.71. The second-order valence-electron chi connectivity index (χ2n) is 5.58. The largest absolute Gasteiger partial charge is 0.399 e. The van der Waals surface area contributed by atoms with E-state index in [9.17, 15) is 5.11 Å². The van der Waals surface area contributed by atoms with Crippen LogP contribution in [-0.4, -0.2) is 27.9 Å². The van der Waals surface area contributed by atoms with E-state index < -0.39 is 6.10 Å². The summed E-state index contributed by atoms with van der Waals surface area (Å²) < 4.78 is 0. The summed E-state index contributed by atoms with van der Waals surface area (Å²) in [4.78, 5) is 12.6. The topological polar surface area (TPSA) is 70.5 Å². The van der Waals surface area contributed by atoms with Crippen molar-refractivity contribution in [3.63, 3.8) is 0 Å². The van der Waals surface area contributed by atoms with Gasteiger partial charge in [0.2, 0.25) is 0 Å². The molecule has 2 aromatic heterocycles. The number of H-pyrrole nitrogens is 1. The third-order valence-electron chi connectivity index (χ3n) is 3.67. The van der Waals surface area contributed by atoms with Crippen LogP contribution in [0, 0.1) is 5.92 Å². The molecule has 0 fully saturated rings. The van der Waals surface area contributed by atoms with Crippen LogP contribution < -0.4 is 0 Å². The van der Waals surface area contributed by atoms with Gasteiger partial charge in [-0.05, 0) is 6.07 Å². The van der Waals surface area contributed by atoms with Gasteiger partial charge in [-0.25, -0.2) is 4.98 Å². The zero-order chi connectivity index (χ0) is 16.4. The number of benzene rings is 1. The van der Waals surface area contributed by atoms with Crippen LogP contribution in [-0.2, 0) is 4.84 Å². The van der Waals surface area contributed by atoms with E-state index in [0.29, 0.717) is 5.01 Å².